The van der Waals surface area contributed by atoms with Gasteiger partial charge in [-0.15, -0.1) is 0 Å². The van der Waals surface area contributed by atoms with E-state index in [9.17, 15) is 10.1 Å². The second kappa shape index (κ2) is 11.0. The maximum absolute atomic E-state index is 12.8. The van der Waals surface area contributed by atoms with Crippen molar-refractivity contribution in [1.82, 2.24) is 0 Å². The molecule has 4 aromatic rings. The monoisotopic (exact) mass is 530 g/mol. The molecule has 0 bridgehead atoms. The Bertz CT molecular complexity index is 1610. The zero-order chi connectivity index (χ0) is 28.3. The van der Waals surface area contributed by atoms with Gasteiger partial charge in [-0.05, 0) is 52.4 Å². The van der Waals surface area contributed by atoms with Gasteiger partial charge in [-0.2, -0.15) is 5.26 Å². The lowest BCUT2D eigenvalue weighted by atomic mass is 9.83. The van der Waals surface area contributed by atoms with E-state index in [0.29, 0.717) is 35.0 Å². The van der Waals surface area contributed by atoms with Crippen LogP contribution in [0.2, 0.25) is 0 Å². The van der Waals surface area contributed by atoms with Crippen LogP contribution in [0.1, 0.15) is 59.3 Å². The molecule has 0 saturated carbocycles. The van der Waals surface area contributed by atoms with Crippen LogP contribution in [0.5, 0.6) is 17.2 Å². The zero-order valence-electron chi connectivity index (χ0n) is 22.7. The number of carbonyl (C=O) groups excluding carboxylic acids is 1. The van der Waals surface area contributed by atoms with Gasteiger partial charge in [0.25, 0.3) is 0 Å². The third-order valence-electron chi connectivity index (χ3n) is 6.83. The van der Waals surface area contributed by atoms with E-state index in [1.165, 1.54) is 0 Å². The zero-order valence-corrected chi connectivity index (χ0v) is 22.7. The van der Waals surface area contributed by atoms with Crippen LogP contribution in [0.3, 0.4) is 0 Å². The van der Waals surface area contributed by atoms with Crippen molar-refractivity contribution in [2.45, 2.75) is 38.7 Å². The van der Waals surface area contributed by atoms with Crippen molar-refractivity contribution in [3.8, 4) is 23.3 Å². The number of nitrogens with zero attached hydrogens (tertiary/aromatic N) is 1. The van der Waals surface area contributed by atoms with Gasteiger partial charge < -0.3 is 19.9 Å². The molecule has 40 heavy (non-hydrogen) atoms. The van der Waals surface area contributed by atoms with Crippen LogP contribution in [0.15, 0.2) is 109 Å². The number of hydrogen-bond donors (Lipinski definition) is 1. The van der Waals surface area contributed by atoms with Crippen molar-refractivity contribution in [1.29, 1.82) is 5.26 Å². The predicted molar refractivity (Wildman–Crippen MR) is 153 cm³/mol. The minimum Gasteiger partial charge on any atom is -0.489 e. The summed E-state index contributed by atoms with van der Waals surface area (Å²) < 4.78 is 17.5. The van der Waals surface area contributed by atoms with Crippen LogP contribution in [-0.2, 0) is 12.0 Å². The molecule has 0 saturated heterocycles. The Balaban J connectivity index is 1.39. The van der Waals surface area contributed by atoms with Gasteiger partial charge in [0, 0.05) is 11.6 Å². The largest absolute Gasteiger partial charge is 0.489 e. The third kappa shape index (κ3) is 5.69. The molecule has 200 valence electrons. The van der Waals surface area contributed by atoms with E-state index >= 15 is 0 Å². The lowest BCUT2D eigenvalue weighted by molar-refractivity contribution is 0.0734. The highest BCUT2D eigenvalue weighted by molar-refractivity contribution is 5.91. The molecule has 4 aromatic carbocycles. The number of carbonyl (C=O) groups is 1. The SMILES string of the molecule is CC(C)(C)c1ccc(C(=O)Oc2ccc3c(c2)OC(N)=C(C#N)C3c2cccc(OCc3ccccc3)c2)cc1. The van der Waals surface area contributed by atoms with Crippen molar-refractivity contribution < 1.29 is 19.0 Å². The molecule has 0 spiro atoms. The summed E-state index contributed by atoms with van der Waals surface area (Å²) in [6.07, 6.45) is 0. The summed E-state index contributed by atoms with van der Waals surface area (Å²) >= 11 is 0. The Labute approximate surface area is 234 Å². The fourth-order valence-corrected chi connectivity index (χ4v) is 4.64. The molecule has 0 amide bonds. The van der Waals surface area contributed by atoms with Crippen molar-refractivity contribution in [2.24, 2.45) is 5.73 Å². The average Bonchev–Trinajstić information content (AvgIpc) is 2.95. The Morgan fingerprint density at radius 3 is 2.38 bits per heavy atom. The van der Waals surface area contributed by atoms with Crippen molar-refractivity contribution >= 4 is 5.97 Å². The van der Waals surface area contributed by atoms with Crippen LogP contribution in [-0.4, -0.2) is 5.97 Å². The van der Waals surface area contributed by atoms with E-state index in [4.69, 9.17) is 19.9 Å². The van der Waals surface area contributed by atoms with E-state index in [1.54, 1.807) is 30.3 Å². The van der Waals surface area contributed by atoms with E-state index < -0.39 is 11.9 Å². The second-order valence-electron chi connectivity index (χ2n) is 10.7. The summed E-state index contributed by atoms with van der Waals surface area (Å²) in [7, 11) is 0. The molecule has 6 heteroatoms. The molecule has 5 rings (SSSR count). The highest BCUT2D eigenvalue weighted by Gasteiger charge is 2.31. The summed E-state index contributed by atoms with van der Waals surface area (Å²) in [5, 5.41) is 9.94. The van der Waals surface area contributed by atoms with E-state index in [1.807, 2.05) is 66.7 Å². The van der Waals surface area contributed by atoms with Crippen LogP contribution in [0.4, 0.5) is 0 Å². The predicted octanol–water partition coefficient (Wildman–Crippen LogP) is 7.00. The molecular weight excluding hydrogens is 500 g/mol. The molecule has 0 aromatic heterocycles. The summed E-state index contributed by atoms with van der Waals surface area (Å²) in [6.45, 7) is 6.77. The molecule has 1 unspecified atom stereocenters. The maximum Gasteiger partial charge on any atom is 0.343 e. The first-order chi connectivity index (χ1) is 19.2. The van der Waals surface area contributed by atoms with Gasteiger partial charge in [-0.25, -0.2) is 4.79 Å². The van der Waals surface area contributed by atoms with Gasteiger partial charge in [-0.3, -0.25) is 0 Å². The molecule has 1 aliphatic heterocycles. The number of nitrogens with two attached hydrogens (primary N) is 1. The van der Waals surface area contributed by atoms with E-state index in [0.717, 1.165) is 22.3 Å². The van der Waals surface area contributed by atoms with Crippen LogP contribution < -0.4 is 19.9 Å². The first-order valence-electron chi connectivity index (χ1n) is 13.0. The molecule has 2 N–H and O–H groups in total. The molecule has 1 aliphatic rings. The number of benzene rings is 4. The van der Waals surface area contributed by atoms with Crippen molar-refractivity contribution in [3.05, 3.63) is 136 Å². The minimum atomic E-state index is -0.475. The molecule has 6 nitrogen and oxygen atoms in total. The van der Waals surface area contributed by atoms with Gasteiger partial charge in [0.05, 0.1) is 11.5 Å². The lowest BCUT2D eigenvalue weighted by Gasteiger charge is -2.27. The highest BCUT2D eigenvalue weighted by Crippen LogP contribution is 2.44. The van der Waals surface area contributed by atoms with Crippen LogP contribution in [0.25, 0.3) is 0 Å². The van der Waals surface area contributed by atoms with Crippen LogP contribution >= 0.6 is 0 Å². The lowest BCUT2D eigenvalue weighted by Crippen LogP contribution is -2.21. The summed E-state index contributed by atoms with van der Waals surface area (Å²) in [4.78, 5) is 12.8. The average molecular weight is 531 g/mol. The summed E-state index contributed by atoms with van der Waals surface area (Å²) in [6, 6.07) is 32.2. The Morgan fingerprint density at radius 1 is 0.925 bits per heavy atom. The maximum atomic E-state index is 12.8. The first-order valence-corrected chi connectivity index (χ1v) is 13.0. The molecule has 0 fully saturated rings. The minimum absolute atomic E-state index is 0.0110. The van der Waals surface area contributed by atoms with Gasteiger partial charge in [0.15, 0.2) is 0 Å². The normalized spacial score (nSPS) is 14.5. The third-order valence-corrected chi connectivity index (χ3v) is 6.83. The topological polar surface area (TPSA) is 94.6 Å². The smallest absolute Gasteiger partial charge is 0.343 e. The fraction of sp³-hybridized carbons (Fsp3) is 0.176. The number of hydrogen-bond acceptors (Lipinski definition) is 6. The Hall–Kier alpha value is -5.02. The summed E-state index contributed by atoms with van der Waals surface area (Å²) in [5.41, 5.74) is 10.7. The Kier molecular flexibility index (Phi) is 7.31. The first kappa shape index (κ1) is 26.6. The number of ether oxygens (including phenoxy) is 3. The number of nitriles is 1. The molecule has 0 radical (unpaired) electrons. The van der Waals surface area contributed by atoms with Crippen LogP contribution in [0, 0.1) is 11.3 Å². The van der Waals surface area contributed by atoms with Gasteiger partial charge >= 0.3 is 5.97 Å². The number of allylic oxidation sites excluding steroid dienone is 1. The van der Waals surface area contributed by atoms with Gasteiger partial charge in [0.1, 0.15) is 35.5 Å². The molecule has 1 heterocycles. The summed E-state index contributed by atoms with van der Waals surface area (Å²) in [5.74, 6) is 0.479. The van der Waals surface area contributed by atoms with Crippen molar-refractivity contribution in [3.63, 3.8) is 0 Å². The molecule has 0 aliphatic carbocycles. The second-order valence-corrected chi connectivity index (χ2v) is 10.7. The molecule has 1 atom stereocenters. The number of esters is 1. The van der Waals surface area contributed by atoms with Gasteiger partial charge in [0.2, 0.25) is 5.88 Å². The van der Waals surface area contributed by atoms with Gasteiger partial charge in [-0.1, -0.05) is 81.4 Å². The quantitative estimate of drug-likeness (QED) is 0.213. The standard InChI is InChI=1S/C34H30N2O4/c1-34(2,3)25-14-12-23(13-15-25)33(37)39-27-16-17-28-30(19-27)40-32(36)29(20-35)31(28)24-10-7-11-26(18-24)38-21-22-8-5-4-6-9-22/h4-19,31H,21,36H2,1-3H3. The Morgan fingerprint density at radius 2 is 1.68 bits per heavy atom. The molecular formula is C34H30N2O4. The van der Waals surface area contributed by atoms with E-state index in [-0.39, 0.29) is 11.3 Å². The van der Waals surface area contributed by atoms with Crippen molar-refractivity contribution in [2.75, 3.05) is 0 Å². The number of fused-ring (bicyclic) bond motifs is 1. The highest BCUT2D eigenvalue weighted by atomic mass is 16.5. The van der Waals surface area contributed by atoms with E-state index in [2.05, 4.69) is 26.8 Å². The fourth-order valence-electron chi connectivity index (χ4n) is 4.64. The number of rotatable bonds is 6.